The van der Waals surface area contributed by atoms with E-state index in [1.54, 1.807) is 18.3 Å². The number of carbonyl (C=O) groups is 1. The van der Waals surface area contributed by atoms with Crippen molar-refractivity contribution in [2.75, 3.05) is 56.1 Å². The van der Waals surface area contributed by atoms with Gasteiger partial charge in [0, 0.05) is 58.2 Å². The largest absolute Gasteiger partial charge is 0.373 e. The average Bonchev–Trinajstić information content (AvgIpc) is 3.00. The molecule has 0 saturated carbocycles. The van der Waals surface area contributed by atoms with Crippen molar-refractivity contribution < 1.29 is 4.79 Å². The lowest BCUT2D eigenvalue weighted by atomic mass is 10.2. The van der Waals surface area contributed by atoms with Crippen LogP contribution in [-0.4, -0.2) is 62.2 Å². The third-order valence-electron chi connectivity index (χ3n) is 4.91. The van der Waals surface area contributed by atoms with Gasteiger partial charge in [-0.3, -0.25) is 0 Å². The SMILES string of the molecule is CN(CCNC(=O)N1CCCN(c2ncccc2C#N)CC1)c1ccccc1. The van der Waals surface area contributed by atoms with Crippen LogP contribution < -0.4 is 15.1 Å². The molecule has 0 bridgehead atoms. The highest BCUT2D eigenvalue weighted by Crippen LogP contribution is 2.18. The molecule has 0 radical (unpaired) electrons. The summed E-state index contributed by atoms with van der Waals surface area (Å²) in [5, 5.41) is 12.3. The summed E-state index contributed by atoms with van der Waals surface area (Å²) in [5.41, 5.74) is 1.70. The third-order valence-corrected chi connectivity index (χ3v) is 4.91. The zero-order chi connectivity index (χ0) is 19.8. The molecule has 1 aliphatic rings. The summed E-state index contributed by atoms with van der Waals surface area (Å²) >= 11 is 0. The van der Waals surface area contributed by atoms with E-state index in [2.05, 4.69) is 38.3 Å². The van der Waals surface area contributed by atoms with E-state index < -0.39 is 0 Å². The molecule has 2 amide bonds. The number of urea groups is 1. The topological polar surface area (TPSA) is 75.5 Å². The second-order valence-electron chi connectivity index (χ2n) is 6.80. The van der Waals surface area contributed by atoms with E-state index in [0.717, 1.165) is 25.2 Å². The third kappa shape index (κ3) is 4.92. The number of benzene rings is 1. The minimum Gasteiger partial charge on any atom is -0.373 e. The molecule has 28 heavy (non-hydrogen) atoms. The van der Waals surface area contributed by atoms with Crippen LogP contribution in [0, 0.1) is 11.3 Å². The van der Waals surface area contributed by atoms with E-state index in [9.17, 15) is 10.1 Å². The smallest absolute Gasteiger partial charge is 0.317 e. The first-order valence-corrected chi connectivity index (χ1v) is 9.58. The normalized spacial score (nSPS) is 14.1. The van der Waals surface area contributed by atoms with Gasteiger partial charge in [0.1, 0.15) is 11.9 Å². The summed E-state index contributed by atoms with van der Waals surface area (Å²) in [7, 11) is 2.02. The number of anilines is 2. The first kappa shape index (κ1) is 19.5. The van der Waals surface area contributed by atoms with Crippen molar-refractivity contribution in [3.05, 3.63) is 54.2 Å². The fourth-order valence-corrected chi connectivity index (χ4v) is 3.32. The van der Waals surface area contributed by atoms with Gasteiger partial charge in [-0.25, -0.2) is 9.78 Å². The summed E-state index contributed by atoms with van der Waals surface area (Å²) < 4.78 is 0. The summed E-state index contributed by atoms with van der Waals surface area (Å²) in [5.74, 6) is 0.705. The maximum absolute atomic E-state index is 12.5. The number of nitriles is 1. The number of hydrogen-bond donors (Lipinski definition) is 1. The van der Waals surface area contributed by atoms with Gasteiger partial charge in [-0.2, -0.15) is 5.26 Å². The number of nitrogens with one attached hydrogen (secondary N) is 1. The molecule has 1 aromatic heterocycles. The number of amides is 2. The van der Waals surface area contributed by atoms with Crippen LogP contribution in [0.25, 0.3) is 0 Å². The second-order valence-corrected chi connectivity index (χ2v) is 6.80. The molecule has 2 heterocycles. The van der Waals surface area contributed by atoms with Crippen molar-refractivity contribution in [1.29, 1.82) is 5.26 Å². The van der Waals surface area contributed by atoms with Gasteiger partial charge in [0.15, 0.2) is 0 Å². The van der Waals surface area contributed by atoms with Crippen molar-refractivity contribution >= 4 is 17.5 Å². The maximum atomic E-state index is 12.5. The number of nitrogens with zero attached hydrogens (tertiary/aromatic N) is 5. The second kappa shape index (κ2) is 9.60. The standard InChI is InChI=1S/C21H26N6O/c1-25(19-8-3-2-4-9-19)14-11-24-21(28)27-13-6-12-26(15-16-27)20-18(17-22)7-5-10-23-20/h2-5,7-10H,6,11-16H2,1H3,(H,24,28). The van der Waals surface area contributed by atoms with E-state index in [0.29, 0.717) is 37.6 Å². The molecular weight excluding hydrogens is 352 g/mol. The van der Waals surface area contributed by atoms with E-state index in [1.165, 1.54) is 0 Å². The Labute approximate surface area is 166 Å². The zero-order valence-corrected chi connectivity index (χ0v) is 16.2. The number of likely N-dealkylation sites (N-methyl/N-ethyl adjacent to an activating group) is 1. The Morgan fingerprint density at radius 1 is 1.18 bits per heavy atom. The molecule has 0 unspecified atom stereocenters. The summed E-state index contributed by atoms with van der Waals surface area (Å²) in [6.45, 7) is 4.10. The van der Waals surface area contributed by atoms with E-state index in [4.69, 9.17) is 0 Å². The highest BCUT2D eigenvalue weighted by atomic mass is 16.2. The van der Waals surface area contributed by atoms with Crippen molar-refractivity contribution in [3.63, 3.8) is 0 Å². The Hall–Kier alpha value is -3.27. The van der Waals surface area contributed by atoms with E-state index in [1.807, 2.05) is 30.1 Å². The molecule has 2 aromatic rings. The minimum absolute atomic E-state index is 0.0372. The molecular formula is C21H26N6O. The Morgan fingerprint density at radius 2 is 2.00 bits per heavy atom. The summed E-state index contributed by atoms with van der Waals surface area (Å²) in [6.07, 6.45) is 2.55. The predicted molar refractivity (Wildman–Crippen MR) is 110 cm³/mol. The van der Waals surface area contributed by atoms with Gasteiger partial charge >= 0.3 is 6.03 Å². The van der Waals surface area contributed by atoms with Crippen molar-refractivity contribution in [2.45, 2.75) is 6.42 Å². The number of para-hydroxylation sites is 1. The Balaban J connectivity index is 1.48. The molecule has 0 aliphatic carbocycles. The maximum Gasteiger partial charge on any atom is 0.317 e. The van der Waals surface area contributed by atoms with Crippen LogP contribution >= 0.6 is 0 Å². The number of pyridine rings is 1. The first-order chi connectivity index (χ1) is 13.7. The summed E-state index contributed by atoms with van der Waals surface area (Å²) in [4.78, 5) is 23.0. The lowest BCUT2D eigenvalue weighted by Gasteiger charge is -2.24. The Kier molecular flexibility index (Phi) is 6.68. The predicted octanol–water partition coefficient (Wildman–Crippen LogP) is 2.31. The lowest BCUT2D eigenvalue weighted by molar-refractivity contribution is 0.202. The monoisotopic (exact) mass is 378 g/mol. The van der Waals surface area contributed by atoms with Gasteiger partial charge in [-0.15, -0.1) is 0 Å². The molecule has 3 rings (SSSR count). The van der Waals surface area contributed by atoms with Gasteiger partial charge in [0.25, 0.3) is 0 Å². The molecule has 1 N–H and O–H groups in total. The van der Waals surface area contributed by atoms with Gasteiger partial charge in [0.2, 0.25) is 0 Å². The summed E-state index contributed by atoms with van der Waals surface area (Å²) in [6, 6.07) is 15.8. The van der Waals surface area contributed by atoms with Crippen LogP contribution in [0.2, 0.25) is 0 Å². The van der Waals surface area contributed by atoms with Crippen LogP contribution in [0.3, 0.4) is 0 Å². The van der Waals surface area contributed by atoms with Crippen LogP contribution in [0.15, 0.2) is 48.7 Å². The minimum atomic E-state index is -0.0372. The molecule has 0 atom stereocenters. The molecule has 1 aromatic carbocycles. The highest BCUT2D eigenvalue weighted by molar-refractivity contribution is 5.74. The van der Waals surface area contributed by atoms with Crippen LogP contribution in [-0.2, 0) is 0 Å². The van der Waals surface area contributed by atoms with Crippen LogP contribution in [0.5, 0.6) is 0 Å². The zero-order valence-electron chi connectivity index (χ0n) is 16.2. The van der Waals surface area contributed by atoms with Crippen LogP contribution in [0.1, 0.15) is 12.0 Å². The molecule has 1 saturated heterocycles. The molecule has 1 aliphatic heterocycles. The first-order valence-electron chi connectivity index (χ1n) is 9.58. The number of hydrogen-bond acceptors (Lipinski definition) is 5. The molecule has 7 heteroatoms. The quantitative estimate of drug-likeness (QED) is 0.864. The number of carbonyl (C=O) groups excluding carboxylic acids is 1. The molecule has 0 spiro atoms. The van der Waals surface area contributed by atoms with Crippen molar-refractivity contribution in [3.8, 4) is 6.07 Å². The van der Waals surface area contributed by atoms with E-state index >= 15 is 0 Å². The van der Waals surface area contributed by atoms with E-state index in [-0.39, 0.29) is 6.03 Å². The van der Waals surface area contributed by atoms with Gasteiger partial charge in [0.05, 0.1) is 5.56 Å². The Morgan fingerprint density at radius 3 is 2.79 bits per heavy atom. The number of rotatable bonds is 5. The highest BCUT2D eigenvalue weighted by Gasteiger charge is 2.21. The van der Waals surface area contributed by atoms with Crippen molar-refractivity contribution in [1.82, 2.24) is 15.2 Å². The number of aromatic nitrogens is 1. The lowest BCUT2D eigenvalue weighted by Crippen LogP contribution is -2.44. The molecule has 1 fully saturated rings. The fourth-order valence-electron chi connectivity index (χ4n) is 3.32. The van der Waals surface area contributed by atoms with Crippen LogP contribution in [0.4, 0.5) is 16.3 Å². The fraction of sp³-hybridized carbons (Fsp3) is 0.381. The average molecular weight is 378 g/mol. The van der Waals surface area contributed by atoms with Gasteiger partial charge in [-0.05, 0) is 30.7 Å². The van der Waals surface area contributed by atoms with Gasteiger partial charge in [-0.1, -0.05) is 18.2 Å². The molecule has 7 nitrogen and oxygen atoms in total. The molecule has 146 valence electrons. The Bertz CT molecular complexity index is 819. The van der Waals surface area contributed by atoms with Crippen molar-refractivity contribution in [2.24, 2.45) is 0 Å². The van der Waals surface area contributed by atoms with Gasteiger partial charge < -0.3 is 20.0 Å².